The van der Waals surface area contributed by atoms with E-state index in [4.69, 9.17) is 0 Å². The van der Waals surface area contributed by atoms with Crippen molar-refractivity contribution in [1.29, 1.82) is 0 Å². The second-order valence-corrected chi connectivity index (χ2v) is 6.89. The van der Waals surface area contributed by atoms with Crippen LogP contribution in [-0.2, 0) is 9.84 Å². The standard InChI is InChI=1S/C10H14INO2S/c1-2-15(13,14)8-7-12-10-5-3-9(11)4-6-10/h3-6,12H,2,7-8H2,1H3. The highest BCUT2D eigenvalue weighted by atomic mass is 127. The molecule has 0 spiro atoms. The van der Waals surface area contributed by atoms with Crippen LogP contribution < -0.4 is 5.32 Å². The average Bonchev–Trinajstić information content (AvgIpc) is 2.21. The number of hydrogen-bond donors (Lipinski definition) is 1. The van der Waals surface area contributed by atoms with E-state index in [2.05, 4.69) is 27.9 Å². The molecule has 0 aromatic heterocycles. The van der Waals surface area contributed by atoms with Gasteiger partial charge in [-0.2, -0.15) is 0 Å². The van der Waals surface area contributed by atoms with E-state index in [1.54, 1.807) is 6.92 Å². The molecule has 0 atom stereocenters. The monoisotopic (exact) mass is 339 g/mol. The minimum absolute atomic E-state index is 0.190. The summed E-state index contributed by atoms with van der Waals surface area (Å²) in [5.41, 5.74) is 0.960. The molecule has 0 amide bonds. The first-order valence-electron chi connectivity index (χ1n) is 4.73. The Morgan fingerprint density at radius 1 is 1.27 bits per heavy atom. The van der Waals surface area contributed by atoms with Gasteiger partial charge in [0.1, 0.15) is 0 Å². The lowest BCUT2D eigenvalue weighted by Crippen LogP contribution is -2.17. The molecule has 0 aliphatic heterocycles. The van der Waals surface area contributed by atoms with E-state index in [1.165, 1.54) is 3.57 Å². The summed E-state index contributed by atoms with van der Waals surface area (Å²) >= 11 is 2.23. The topological polar surface area (TPSA) is 46.2 Å². The molecule has 1 N–H and O–H groups in total. The smallest absolute Gasteiger partial charge is 0.151 e. The van der Waals surface area contributed by atoms with Gasteiger partial charge in [0.05, 0.1) is 5.75 Å². The van der Waals surface area contributed by atoms with Gasteiger partial charge in [0, 0.05) is 21.6 Å². The van der Waals surface area contributed by atoms with Gasteiger partial charge in [0.25, 0.3) is 0 Å². The summed E-state index contributed by atoms with van der Waals surface area (Å²) in [5, 5.41) is 3.08. The normalized spacial score (nSPS) is 11.3. The van der Waals surface area contributed by atoms with Crippen LogP contribution in [0.2, 0.25) is 0 Å². The summed E-state index contributed by atoms with van der Waals surface area (Å²) in [6.45, 7) is 2.14. The Labute approximate surface area is 104 Å². The Hall–Kier alpha value is -0.300. The van der Waals surface area contributed by atoms with Gasteiger partial charge in [0.15, 0.2) is 9.84 Å². The first-order valence-corrected chi connectivity index (χ1v) is 7.63. The highest BCUT2D eigenvalue weighted by Gasteiger charge is 2.05. The maximum Gasteiger partial charge on any atom is 0.151 e. The van der Waals surface area contributed by atoms with Crippen LogP contribution in [0.15, 0.2) is 24.3 Å². The molecule has 1 aromatic carbocycles. The van der Waals surface area contributed by atoms with Crippen LogP contribution in [0.25, 0.3) is 0 Å². The second-order valence-electron chi connectivity index (χ2n) is 3.17. The van der Waals surface area contributed by atoms with E-state index < -0.39 is 9.84 Å². The van der Waals surface area contributed by atoms with Gasteiger partial charge < -0.3 is 5.32 Å². The molecular formula is C10H14INO2S. The van der Waals surface area contributed by atoms with E-state index in [1.807, 2.05) is 24.3 Å². The Morgan fingerprint density at radius 3 is 2.40 bits per heavy atom. The summed E-state index contributed by atoms with van der Waals surface area (Å²) < 4.78 is 23.6. The first kappa shape index (κ1) is 12.8. The molecule has 3 nitrogen and oxygen atoms in total. The van der Waals surface area contributed by atoms with E-state index >= 15 is 0 Å². The van der Waals surface area contributed by atoms with Crippen molar-refractivity contribution in [3.05, 3.63) is 27.8 Å². The predicted molar refractivity (Wildman–Crippen MR) is 72.0 cm³/mol. The number of sulfone groups is 1. The molecule has 5 heteroatoms. The van der Waals surface area contributed by atoms with E-state index in [0.717, 1.165) is 5.69 Å². The number of benzene rings is 1. The fourth-order valence-electron chi connectivity index (χ4n) is 1.06. The minimum atomic E-state index is -2.86. The van der Waals surface area contributed by atoms with Gasteiger partial charge in [0.2, 0.25) is 0 Å². The maximum atomic E-state index is 11.2. The highest BCUT2D eigenvalue weighted by Crippen LogP contribution is 2.10. The lowest BCUT2D eigenvalue weighted by atomic mass is 10.3. The van der Waals surface area contributed by atoms with Gasteiger partial charge in [-0.25, -0.2) is 8.42 Å². The van der Waals surface area contributed by atoms with Crippen molar-refractivity contribution in [3.8, 4) is 0 Å². The summed E-state index contributed by atoms with van der Waals surface area (Å²) in [5.74, 6) is 0.400. The second kappa shape index (κ2) is 5.69. The molecular weight excluding hydrogens is 325 g/mol. The van der Waals surface area contributed by atoms with Gasteiger partial charge in [-0.3, -0.25) is 0 Å². The first-order chi connectivity index (χ1) is 7.03. The molecule has 0 bridgehead atoms. The van der Waals surface area contributed by atoms with Gasteiger partial charge >= 0.3 is 0 Å². The van der Waals surface area contributed by atoms with Crippen molar-refractivity contribution in [2.75, 3.05) is 23.4 Å². The van der Waals surface area contributed by atoms with Crippen molar-refractivity contribution < 1.29 is 8.42 Å². The van der Waals surface area contributed by atoms with Crippen LogP contribution in [-0.4, -0.2) is 26.5 Å². The van der Waals surface area contributed by atoms with Crippen molar-refractivity contribution in [3.63, 3.8) is 0 Å². The SMILES string of the molecule is CCS(=O)(=O)CCNc1ccc(I)cc1. The van der Waals surface area contributed by atoms with Crippen molar-refractivity contribution >= 4 is 38.1 Å². The fraction of sp³-hybridized carbons (Fsp3) is 0.400. The molecule has 0 aliphatic carbocycles. The van der Waals surface area contributed by atoms with Crippen molar-refractivity contribution in [2.45, 2.75) is 6.92 Å². The zero-order valence-electron chi connectivity index (χ0n) is 8.53. The third kappa shape index (κ3) is 4.83. The molecule has 0 saturated carbocycles. The predicted octanol–water partition coefficient (Wildman–Crippen LogP) is 2.14. The van der Waals surface area contributed by atoms with Crippen LogP contribution in [0.3, 0.4) is 0 Å². The maximum absolute atomic E-state index is 11.2. The molecule has 0 unspecified atom stereocenters. The zero-order valence-corrected chi connectivity index (χ0v) is 11.5. The van der Waals surface area contributed by atoms with Gasteiger partial charge in [-0.1, -0.05) is 6.92 Å². The van der Waals surface area contributed by atoms with Crippen LogP contribution >= 0.6 is 22.6 Å². The third-order valence-electron chi connectivity index (χ3n) is 2.03. The number of halogens is 1. The zero-order chi connectivity index (χ0) is 11.3. The Morgan fingerprint density at radius 2 is 1.87 bits per heavy atom. The van der Waals surface area contributed by atoms with Gasteiger partial charge in [-0.05, 0) is 46.9 Å². The molecule has 1 rings (SSSR count). The lowest BCUT2D eigenvalue weighted by molar-refractivity contribution is 0.597. The van der Waals surface area contributed by atoms with Crippen LogP contribution in [0.4, 0.5) is 5.69 Å². The quantitative estimate of drug-likeness (QED) is 0.836. The van der Waals surface area contributed by atoms with Crippen molar-refractivity contribution in [1.82, 2.24) is 0 Å². The molecule has 0 saturated heterocycles. The van der Waals surface area contributed by atoms with E-state index in [0.29, 0.717) is 6.54 Å². The molecule has 0 aliphatic rings. The number of anilines is 1. The third-order valence-corrected chi connectivity index (χ3v) is 4.45. The van der Waals surface area contributed by atoms with Crippen LogP contribution in [0, 0.1) is 3.57 Å². The van der Waals surface area contributed by atoms with E-state index in [-0.39, 0.29) is 11.5 Å². The summed E-state index contributed by atoms with van der Waals surface area (Å²) in [6, 6.07) is 7.86. The fourth-order valence-corrected chi connectivity index (χ4v) is 2.12. The summed E-state index contributed by atoms with van der Waals surface area (Å²) in [4.78, 5) is 0. The molecule has 1 aromatic rings. The summed E-state index contributed by atoms with van der Waals surface area (Å²) in [7, 11) is -2.86. The lowest BCUT2D eigenvalue weighted by Gasteiger charge is -2.06. The Bertz CT molecular complexity index is 400. The average molecular weight is 339 g/mol. The van der Waals surface area contributed by atoms with E-state index in [9.17, 15) is 8.42 Å². The Kier molecular flexibility index (Phi) is 4.85. The minimum Gasteiger partial charge on any atom is -0.384 e. The van der Waals surface area contributed by atoms with Crippen LogP contribution in [0.5, 0.6) is 0 Å². The molecule has 15 heavy (non-hydrogen) atoms. The summed E-state index contributed by atoms with van der Waals surface area (Å²) in [6.07, 6.45) is 0. The number of rotatable bonds is 5. The largest absolute Gasteiger partial charge is 0.384 e. The number of nitrogens with one attached hydrogen (secondary N) is 1. The molecule has 0 fully saturated rings. The molecule has 0 radical (unpaired) electrons. The number of hydrogen-bond acceptors (Lipinski definition) is 3. The van der Waals surface area contributed by atoms with Crippen LogP contribution in [0.1, 0.15) is 6.92 Å². The van der Waals surface area contributed by atoms with Crippen molar-refractivity contribution in [2.24, 2.45) is 0 Å². The Balaban J connectivity index is 2.42. The molecule has 84 valence electrons. The highest BCUT2D eigenvalue weighted by molar-refractivity contribution is 14.1. The van der Waals surface area contributed by atoms with Gasteiger partial charge in [-0.15, -0.1) is 0 Å². The molecule has 0 heterocycles.